The Balaban J connectivity index is 2.47. The van der Waals surface area contributed by atoms with Gasteiger partial charge in [0.25, 0.3) is 0 Å². The lowest BCUT2D eigenvalue weighted by molar-refractivity contribution is -0.145. The fourth-order valence-corrected chi connectivity index (χ4v) is 2.18. The summed E-state index contributed by atoms with van der Waals surface area (Å²) in [5.41, 5.74) is 0.795. The van der Waals surface area contributed by atoms with E-state index in [4.69, 9.17) is 10.2 Å². The van der Waals surface area contributed by atoms with E-state index < -0.39 is 21.8 Å². The van der Waals surface area contributed by atoms with Gasteiger partial charge in [-0.3, -0.25) is 9.59 Å². The SMILES string of the molecule is CN(CCO)C(=O)C(=O)NCCc1ccc(S(N)(=O)=O)cc1. The number of carbonyl (C=O) groups is 2. The van der Waals surface area contributed by atoms with E-state index in [1.807, 2.05) is 0 Å². The molecule has 1 aromatic rings. The average Bonchev–Trinajstić information content (AvgIpc) is 2.46. The first-order chi connectivity index (χ1) is 10.3. The number of benzene rings is 1. The first kappa shape index (κ1) is 18.1. The number of hydrogen-bond acceptors (Lipinski definition) is 5. The van der Waals surface area contributed by atoms with Crippen molar-refractivity contribution in [1.82, 2.24) is 10.2 Å². The van der Waals surface area contributed by atoms with Crippen LogP contribution >= 0.6 is 0 Å². The van der Waals surface area contributed by atoms with Crippen molar-refractivity contribution in [3.8, 4) is 0 Å². The molecule has 0 aromatic heterocycles. The molecular formula is C13H19N3O5S. The van der Waals surface area contributed by atoms with Gasteiger partial charge in [-0.15, -0.1) is 0 Å². The van der Waals surface area contributed by atoms with Gasteiger partial charge in [0, 0.05) is 20.1 Å². The number of nitrogens with two attached hydrogens (primary N) is 1. The molecule has 0 saturated carbocycles. The first-order valence-corrected chi connectivity index (χ1v) is 8.06. The molecule has 0 heterocycles. The Morgan fingerprint density at radius 2 is 1.86 bits per heavy atom. The standard InChI is InChI=1S/C13H19N3O5S/c1-16(8-9-17)13(19)12(18)15-7-6-10-2-4-11(5-3-10)22(14,20)21/h2-5,17H,6-9H2,1H3,(H,15,18)(H2,14,20,21). The number of likely N-dealkylation sites (N-methyl/N-ethyl adjacent to an activating group) is 1. The zero-order chi connectivity index (χ0) is 16.8. The molecule has 0 atom stereocenters. The van der Waals surface area contributed by atoms with Crippen molar-refractivity contribution in [3.63, 3.8) is 0 Å². The normalized spacial score (nSPS) is 11.0. The van der Waals surface area contributed by atoms with Crippen LogP contribution in [0.2, 0.25) is 0 Å². The van der Waals surface area contributed by atoms with Crippen LogP contribution in [-0.4, -0.2) is 57.0 Å². The summed E-state index contributed by atoms with van der Waals surface area (Å²) in [6.45, 7) is 0.0967. The van der Waals surface area contributed by atoms with Gasteiger partial charge in [-0.1, -0.05) is 12.1 Å². The fourth-order valence-electron chi connectivity index (χ4n) is 1.67. The van der Waals surface area contributed by atoms with Crippen LogP contribution in [0.3, 0.4) is 0 Å². The molecule has 1 rings (SSSR count). The maximum absolute atomic E-state index is 11.6. The van der Waals surface area contributed by atoms with Crippen LogP contribution in [0.25, 0.3) is 0 Å². The monoisotopic (exact) mass is 329 g/mol. The second-order valence-electron chi connectivity index (χ2n) is 4.65. The highest BCUT2D eigenvalue weighted by atomic mass is 32.2. The van der Waals surface area contributed by atoms with E-state index in [1.165, 1.54) is 19.2 Å². The second kappa shape index (κ2) is 7.87. The van der Waals surface area contributed by atoms with Crippen molar-refractivity contribution in [2.24, 2.45) is 5.14 Å². The zero-order valence-electron chi connectivity index (χ0n) is 12.2. The molecule has 22 heavy (non-hydrogen) atoms. The van der Waals surface area contributed by atoms with E-state index in [0.29, 0.717) is 6.42 Å². The molecule has 8 nitrogen and oxygen atoms in total. The first-order valence-electron chi connectivity index (χ1n) is 6.51. The summed E-state index contributed by atoms with van der Waals surface area (Å²) in [7, 11) is -2.30. The Labute approximate surface area is 129 Å². The number of carbonyl (C=O) groups excluding carboxylic acids is 2. The van der Waals surface area contributed by atoms with E-state index in [1.54, 1.807) is 12.1 Å². The van der Waals surface area contributed by atoms with Crippen molar-refractivity contribution < 1.29 is 23.1 Å². The third-order valence-electron chi connectivity index (χ3n) is 2.93. The summed E-state index contributed by atoms with van der Waals surface area (Å²) in [6.07, 6.45) is 0.438. The number of nitrogens with one attached hydrogen (secondary N) is 1. The van der Waals surface area contributed by atoms with E-state index in [-0.39, 0.29) is 24.6 Å². The fraction of sp³-hybridized carbons (Fsp3) is 0.385. The van der Waals surface area contributed by atoms with Crippen molar-refractivity contribution >= 4 is 21.8 Å². The molecule has 1 aromatic carbocycles. The third-order valence-corrected chi connectivity index (χ3v) is 3.86. The third kappa shape index (κ3) is 5.43. The number of hydrogen-bond donors (Lipinski definition) is 3. The molecule has 0 aliphatic rings. The summed E-state index contributed by atoms with van der Waals surface area (Å²) in [6, 6.07) is 5.94. The van der Waals surface area contributed by atoms with E-state index in [9.17, 15) is 18.0 Å². The van der Waals surface area contributed by atoms with Gasteiger partial charge >= 0.3 is 11.8 Å². The molecule has 9 heteroatoms. The molecule has 0 fully saturated rings. The van der Waals surface area contributed by atoms with Crippen LogP contribution < -0.4 is 10.5 Å². The molecule has 122 valence electrons. The van der Waals surface area contributed by atoms with Crippen molar-refractivity contribution in [1.29, 1.82) is 0 Å². The highest BCUT2D eigenvalue weighted by Gasteiger charge is 2.17. The van der Waals surface area contributed by atoms with E-state index >= 15 is 0 Å². The van der Waals surface area contributed by atoms with Crippen LogP contribution in [0.5, 0.6) is 0 Å². The maximum atomic E-state index is 11.6. The van der Waals surface area contributed by atoms with Crippen molar-refractivity contribution in [3.05, 3.63) is 29.8 Å². The summed E-state index contributed by atoms with van der Waals surface area (Å²) in [5, 5.41) is 16.1. The Kier molecular flexibility index (Phi) is 6.47. The summed E-state index contributed by atoms with van der Waals surface area (Å²) >= 11 is 0. The summed E-state index contributed by atoms with van der Waals surface area (Å²) < 4.78 is 22.2. The molecule has 0 unspecified atom stereocenters. The molecule has 0 radical (unpaired) electrons. The number of nitrogens with zero attached hydrogens (tertiary/aromatic N) is 1. The Morgan fingerprint density at radius 1 is 1.27 bits per heavy atom. The van der Waals surface area contributed by atoms with Gasteiger partial charge in [0.15, 0.2) is 0 Å². The van der Waals surface area contributed by atoms with E-state index in [0.717, 1.165) is 10.5 Å². The number of amides is 2. The van der Waals surface area contributed by atoms with Gasteiger partial charge in [0.05, 0.1) is 11.5 Å². The largest absolute Gasteiger partial charge is 0.395 e. The molecule has 0 spiro atoms. The predicted molar refractivity (Wildman–Crippen MR) is 79.3 cm³/mol. The number of rotatable bonds is 6. The van der Waals surface area contributed by atoms with Crippen LogP contribution in [-0.2, 0) is 26.0 Å². The highest BCUT2D eigenvalue weighted by molar-refractivity contribution is 7.89. The molecule has 0 bridgehead atoms. The lowest BCUT2D eigenvalue weighted by Gasteiger charge is -2.14. The van der Waals surface area contributed by atoms with Gasteiger partial charge in [-0.25, -0.2) is 13.6 Å². The number of primary sulfonamides is 1. The van der Waals surface area contributed by atoms with Crippen LogP contribution in [0, 0.1) is 0 Å². The van der Waals surface area contributed by atoms with E-state index in [2.05, 4.69) is 5.32 Å². The van der Waals surface area contributed by atoms with Crippen molar-refractivity contribution in [2.75, 3.05) is 26.7 Å². The van der Waals surface area contributed by atoms with Gasteiger partial charge < -0.3 is 15.3 Å². The second-order valence-corrected chi connectivity index (χ2v) is 6.21. The highest BCUT2D eigenvalue weighted by Crippen LogP contribution is 2.08. The minimum Gasteiger partial charge on any atom is -0.395 e. The predicted octanol–water partition coefficient (Wildman–Crippen LogP) is -1.56. The maximum Gasteiger partial charge on any atom is 0.311 e. The topological polar surface area (TPSA) is 130 Å². The smallest absolute Gasteiger partial charge is 0.311 e. The average molecular weight is 329 g/mol. The zero-order valence-corrected chi connectivity index (χ0v) is 13.0. The van der Waals surface area contributed by atoms with Crippen LogP contribution in [0.4, 0.5) is 0 Å². The quantitative estimate of drug-likeness (QED) is 0.544. The Hall–Kier alpha value is -1.97. The Bertz CT molecular complexity index is 628. The van der Waals surface area contributed by atoms with Gasteiger partial charge in [0.2, 0.25) is 10.0 Å². The lowest BCUT2D eigenvalue weighted by atomic mass is 10.1. The molecular weight excluding hydrogens is 310 g/mol. The molecule has 2 amide bonds. The van der Waals surface area contributed by atoms with Crippen molar-refractivity contribution in [2.45, 2.75) is 11.3 Å². The van der Waals surface area contributed by atoms with Crippen LogP contribution in [0.15, 0.2) is 29.2 Å². The van der Waals surface area contributed by atoms with Gasteiger partial charge in [-0.05, 0) is 24.1 Å². The summed E-state index contributed by atoms with van der Waals surface area (Å²) in [5.74, 6) is -1.48. The minimum absolute atomic E-state index is 0.0149. The number of aliphatic hydroxyl groups excluding tert-OH is 1. The van der Waals surface area contributed by atoms with Gasteiger partial charge in [0.1, 0.15) is 0 Å². The molecule has 0 saturated heterocycles. The minimum atomic E-state index is -3.72. The Morgan fingerprint density at radius 3 is 2.36 bits per heavy atom. The summed E-state index contributed by atoms with van der Waals surface area (Å²) in [4.78, 5) is 24.2. The molecule has 0 aliphatic heterocycles. The van der Waals surface area contributed by atoms with Gasteiger partial charge in [-0.2, -0.15) is 0 Å². The molecule has 4 N–H and O–H groups in total. The number of sulfonamides is 1. The number of aliphatic hydroxyl groups is 1. The molecule has 0 aliphatic carbocycles. The lowest BCUT2D eigenvalue weighted by Crippen LogP contribution is -2.42. The van der Waals surface area contributed by atoms with Crippen LogP contribution in [0.1, 0.15) is 5.56 Å².